The van der Waals surface area contributed by atoms with Gasteiger partial charge >= 0.3 is 5.97 Å². The molecule has 25 heavy (non-hydrogen) atoms. The molecule has 2 fully saturated rings. The van der Waals surface area contributed by atoms with Crippen LogP contribution in [-0.4, -0.2) is 41.9 Å². The van der Waals surface area contributed by atoms with E-state index in [1.807, 2.05) is 13.8 Å². The van der Waals surface area contributed by atoms with Crippen molar-refractivity contribution in [3.8, 4) is 0 Å². The zero-order valence-electron chi connectivity index (χ0n) is 14.9. The maximum absolute atomic E-state index is 12.7. The molecule has 0 bridgehead atoms. The van der Waals surface area contributed by atoms with Crippen LogP contribution in [0.2, 0.25) is 0 Å². The Balaban J connectivity index is 1.72. The summed E-state index contributed by atoms with van der Waals surface area (Å²) >= 11 is 1.38. The summed E-state index contributed by atoms with van der Waals surface area (Å²) in [5.74, 6) is -0.689. The van der Waals surface area contributed by atoms with Gasteiger partial charge in [0, 0.05) is 23.9 Å². The van der Waals surface area contributed by atoms with Crippen LogP contribution >= 0.6 is 11.3 Å². The van der Waals surface area contributed by atoms with E-state index in [9.17, 15) is 14.4 Å². The maximum atomic E-state index is 12.7. The zero-order valence-corrected chi connectivity index (χ0v) is 15.7. The van der Waals surface area contributed by atoms with Gasteiger partial charge < -0.3 is 15.0 Å². The van der Waals surface area contributed by atoms with Gasteiger partial charge in [0.05, 0.1) is 5.56 Å². The van der Waals surface area contributed by atoms with Crippen molar-refractivity contribution in [2.45, 2.75) is 52.6 Å². The summed E-state index contributed by atoms with van der Waals surface area (Å²) in [5, 5.41) is 3.38. The second-order valence-corrected chi connectivity index (χ2v) is 8.06. The molecule has 2 aliphatic rings. The fourth-order valence-corrected chi connectivity index (χ4v) is 4.04. The SMILES string of the molecule is Cc1sc(NC(=O)C2CC2)c(C(=O)O[C@H](C)C(=O)N2CCCC2)c1C. The number of carbonyl (C=O) groups excluding carboxylic acids is 3. The molecule has 3 rings (SSSR count). The van der Waals surface area contributed by atoms with E-state index in [1.54, 1.807) is 11.8 Å². The number of carbonyl (C=O) groups is 3. The van der Waals surface area contributed by atoms with Crippen molar-refractivity contribution in [1.29, 1.82) is 0 Å². The first-order valence-electron chi connectivity index (χ1n) is 8.79. The van der Waals surface area contributed by atoms with Crippen LogP contribution in [-0.2, 0) is 14.3 Å². The Morgan fingerprint density at radius 1 is 1.20 bits per heavy atom. The number of hydrogen-bond acceptors (Lipinski definition) is 5. The molecule has 0 unspecified atom stereocenters. The van der Waals surface area contributed by atoms with E-state index >= 15 is 0 Å². The van der Waals surface area contributed by atoms with Crippen molar-refractivity contribution in [2.75, 3.05) is 18.4 Å². The van der Waals surface area contributed by atoms with Gasteiger partial charge in [0.25, 0.3) is 5.91 Å². The van der Waals surface area contributed by atoms with Crippen LogP contribution in [0, 0.1) is 19.8 Å². The molecule has 2 heterocycles. The highest BCUT2D eigenvalue weighted by atomic mass is 32.1. The summed E-state index contributed by atoms with van der Waals surface area (Å²) in [5.41, 5.74) is 1.17. The van der Waals surface area contributed by atoms with E-state index in [2.05, 4.69) is 5.32 Å². The summed E-state index contributed by atoms with van der Waals surface area (Å²) in [6, 6.07) is 0. The fraction of sp³-hybridized carbons (Fsp3) is 0.611. The molecule has 1 saturated carbocycles. The van der Waals surface area contributed by atoms with Gasteiger partial charge in [0.1, 0.15) is 5.00 Å². The average Bonchev–Trinajstić information content (AvgIpc) is 3.20. The normalized spacial score (nSPS) is 18.1. The Morgan fingerprint density at radius 3 is 2.44 bits per heavy atom. The molecule has 1 aliphatic heterocycles. The number of rotatable bonds is 5. The highest BCUT2D eigenvalue weighted by Crippen LogP contribution is 2.36. The van der Waals surface area contributed by atoms with E-state index in [-0.39, 0.29) is 17.7 Å². The van der Waals surface area contributed by atoms with Gasteiger partial charge in [0.15, 0.2) is 6.10 Å². The summed E-state index contributed by atoms with van der Waals surface area (Å²) < 4.78 is 5.43. The van der Waals surface area contributed by atoms with Gasteiger partial charge in [-0.25, -0.2) is 4.79 Å². The lowest BCUT2D eigenvalue weighted by atomic mass is 10.1. The summed E-state index contributed by atoms with van der Waals surface area (Å²) in [6.45, 7) is 6.79. The number of aryl methyl sites for hydroxylation is 1. The fourth-order valence-electron chi connectivity index (χ4n) is 2.98. The van der Waals surface area contributed by atoms with Crippen molar-refractivity contribution in [2.24, 2.45) is 5.92 Å². The van der Waals surface area contributed by atoms with Crippen molar-refractivity contribution < 1.29 is 19.1 Å². The van der Waals surface area contributed by atoms with Crippen molar-refractivity contribution >= 4 is 34.1 Å². The summed E-state index contributed by atoms with van der Waals surface area (Å²) in [7, 11) is 0. The molecule has 0 radical (unpaired) electrons. The van der Waals surface area contributed by atoms with E-state index in [4.69, 9.17) is 4.74 Å². The van der Waals surface area contributed by atoms with Gasteiger partial charge in [-0.1, -0.05) is 0 Å². The van der Waals surface area contributed by atoms with Crippen LogP contribution in [0.25, 0.3) is 0 Å². The minimum atomic E-state index is -0.822. The smallest absolute Gasteiger partial charge is 0.342 e. The van der Waals surface area contributed by atoms with Crippen LogP contribution in [0.4, 0.5) is 5.00 Å². The molecule has 7 heteroatoms. The summed E-state index contributed by atoms with van der Waals surface area (Å²) in [6.07, 6.45) is 2.96. The van der Waals surface area contributed by atoms with E-state index in [0.717, 1.165) is 49.2 Å². The number of thiophene rings is 1. The molecule has 6 nitrogen and oxygen atoms in total. The monoisotopic (exact) mass is 364 g/mol. The molecule has 1 aliphatic carbocycles. The minimum absolute atomic E-state index is 0.0449. The first-order chi connectivity index (χ1) is 11.9. The van der Waals surface area contributed by atoms with Crippen LogP contribution in [0.1, 0.15) is 53.4 Å². The lowest BCUT2D eigenvalue weighted by molar-refractivity contribution is -0.138. The Hall–Kier alpha value is -1.89. The van der Waals surface area contributed by atoms with Gasteiger partial charge in [0.2, 0.25) is 5.91 Å². The molecule has 0 aromatic carbocycles. The number of nitrogens with one attached hydrogen (secondary N) is 1. The number of anilines is 1. The predicted molar refractivity (Wildman–Crippen MR) is 95.8 cm³/mol. The summed E-state index contributed by atoms with van der Waals surface area (Å²) in [4.78, 5) is 39.8. The molecular formula is C18H24N2O4S. The third-order valence-electron chi connectivity index (χ3n) is 4.82. The zero-order chi connectivity index (χ0) is 18.1. The third kappa shape index (κ3) is 3.86. The molecule has 136 valence electrons. The van der Waals surface area contributed by atoms with Gasteiger partial charge in [-0.2, -0.15) is 0 Å². The lowest BCUT2D eigenvalue weighted by Crippen LogP contribution is -2.38. The first-order valence-corrected chi connectivity index (χ1v) is 9.60. The van der Waals surface area contributed by atoms with Crippen molar-refractivity contribution in [3.63, 3.8) is 0 Å². The highest BCUT2D eigenvalue weighted by molar-refractivity contribution is 7.16. The standard InChI is InChI=1S/C18H24N2O4S/c1-10-12(3)25-16(19-15(21)13-6-7-13)14(10)18(23)24-11(2)17(22)20-8-4-5-9-20/h11,13H,4-9H2,1-3H3,(H,19,21)/t11-/m1/s1. The number of likely N-dealkylation sites (tertiary alicyclic amines) is 1. The Labute approximate surface area is 151 Å². The van der Waals surface area contributed by atoms with Gasteiger partial charge in [-0.15, -0.1) is 11.3 Å². The number of hydrogen-bond donors (Lipinski definition) is 1. The van der Waals surface area contributed by atoms with Crippen LogP contribution in [0.15, 0.2) is 0 Å². The second kappa shape index (κ2) is 7.15. The molecule has 1 atom stereocenters. The number of amides is 2. The molecule has 1 saturated heterocycles. The topological polar surface area (TPSA) is 75.7 Å². The minimum Gasteiger partial charge on any atom is -0.449 e. The number of esters is 1. The van der Waals surface area contributed by atoms with Crippen LogP contribution < -0.4 is 5.32 Å². The molecular weight excluding hydrogens is 340 g/mol. The Bertz CT molecular complexity index is 702. The number of nitrogens with zero attached hydrogens (tertiary/aromatic N) is 1. The van der Waals surface area contributed by atoms with Crippen molar-refractivity contribution in [1.82, 2.24) is 4.90 Å². The van der Waals surface area contributed by atoms with Crippen LogP contribution in [0.5, 0.6) is 0 Å². The average molecular weight is 364 g/mol. The first kappa shape index (κ1) is 17.9. The Morgan fingerprint density at radius 2 is 1.84 bits per heavy atom. The molecule has 2 amide bonds. The maximum Gasteiger partial charge on any atom is 0.342 e. The molecule has 1 aromatic heterocycles. The molecule has 1 N–H and O–H groups in total. The van der Waals surface area contributed by atoms with Gasteiger partial charge in [-0.05, 0) is 52.0 Å². The second-order valence-electron chi connectivity index (χ2n) is 6.83. The van der Waals surface area contributed by atoms with Crippen LogP contribution in [0.3, 0.4) is 0 Å². The Kier molecular flexibility index (Phi) is 5.13. The lowest BCUT2D eigenvalue weighted by Gasteiger charge is -2.20. The quantitative estimate of drug-likeness (QED) is 0.815. The largest absolute Gasteiger partial charge is 0.449 e. The predicted octanol–water partition coefficient (Wildman–Crippen LogP) is 2.88. The van der Waals surface area contributed by atoms with Gasteiger partial charge in [-0.3, -0.25) is 9.59 Å². The van der Waals surface area contributed by atoms with E-state index in [0.29, 0.717) is 10.6 Å². The third-order valence-corrected chi connectivity index (χ3v) is 5.95. The van der Waals surface area contributed by atoms with E-state index < -0.39 is 12.1 Å². The highest BCUT2D eigenvalue weighted by Gasteiger charge is 2.33. The molecule has 1 aromatic rings. The molecule has 0 spiro atoms. The van der Waals surface area contributed by atoms with Crippen molar-refractivity contribution in [3.05, 3.63) is 16.0 Å². The number of ether oxygens (including phenoxy) is 1. The van der Waals surface area contributed by atoms with E-state index in [1.165, 1.54) is 11.3 Å².